The molecule has 0 aliphatic rings. The molecule has 0 amide bonds. The minimum Gasteiger partial charge on any atom is -0.399 e. The molecule has 0 aromatic heterocycles. The van der Waals surface area contributed by atoms with Crippen LogP contribution in [0.1, 0.15) is 12.5 Å². The number of hydrogen-bond acceptors (Lipinski definition) is 4. The van der Waals surface area contributed by atoms with Crippen LogP contribution in [0.4, 0.5) is 11.4 Å². The van der Waals surface area contributed by atoms with E-state index in [4.69, 9.17) is 5.73 Å². The van der Waals surface area contributed by atoms with Gasteiger partial charge in [-0.3, -0.25) is 14.9 Å². The summed E-state index contributed by atoms with van der Waals surface area (Å²) in [5.74, 6) is -0.113. The maximum absolute atomic E-state index is 10.8. The van der Waals surface area contributed by atoms with Crippen LogP contribution >= 0.6 is 0 Å². The number of benzene rings is 1. The number of Topliss-reactive ketones (excluding diaryl/α,β-unsaturated/α-hetero) is 1. The zero-order valence-electron chi connectivity index (χ0n) is 7.69. The highest BCUT2D eigenvalue weighted by molar-refractivity contribution is 5.79. The van der Waals surface area contributed by atoms with E-state index in [9.17, 15) is 14.9 Å². The SMILES string of the molecule is CC(=O)Cc1ccc(N)cc1[N+](=O)[O-]. The van der Waals surface area contributed by atoms with Crippen molar-refractivity contribution in [3.05, 3.63) is 33.9 Å². The molecule has 0 heterocycles. The zero-order chi connectivity index (χ0) is 10.7. The van der Waals surface area contributed by atoms with E-state index in [-0.39, 0.29) is 17.9 Å². The van der Waals surface area contributed by atoms with Crippen LogP contribution < -0.4 is 5.73 Å². The van der Waals surface area contributed by atoms with Gasteiger partial charge in [-0.05, 0) is 19.1 Å². The summed E-state index contributed by atoms with van der Waals surface area (Å²) in [6, 6.07) is 4.32. The van der Waals surface area contributed by atoms with Gasteiger partial charge in [-0.15, -0.1) is 0 Å². The minimum absolute atomic E-state index is 0.0661. The van der Waals surface area contributed by atoms with E-state index in [1.807, 2.05) is 0 Å². The Morgan fingerprint density at radius 3 is 2.71 bits per heavy atom. The van der Waals surface area contributed by atoms with Crippen LogP contribution in [0.15, 0.2) is 18.2 Å². The van der Waals surface area contributed by atoms with Crippen LogP contribution in [0.3, 0.4) is 0 Å². The summed E-state index contributed by atoms with van der Waals surface area (Å²) < 4.78 is 0. The fraction of sp³-hybridized carbons (Fsp3) is 0.222. The first-order valence-electron chi connectivity index (χ1n) is 4.03. The number of carbonyl (C=O) groups is 1. The lowest BCUT2D eigenvalue weighted by molar-refractivity contribution is -0.385. The van der Waals surface area contributed by atoms with Gasteiger partial charge in [0, 0.05) is 23.7 Å². The van der Waals surface area contributed by atoms with Gasteiger partial charge in [0.1, 0.15) is 5.78 Å². The molecule has 0 fully saturated rings. The quantitative estimate of drug-likeness (QED) is 0.446. The fourth-order valence-corrected chi connectivity index (χ4v) is 1.17. The van der Waals surface area contributed by atoms with Crippen LogP contribution in [-0.4, -0.2) is 10.7 Å². The molecule has 74 valence electrons. The zero-order valence-corrected chi connectivity index (χ0v) is 7.69. The van der Waals surface area contributed by atoms with Gasteiger partial charge in [0.05, 0.1) is 4.92 Å². The molecule has 5 nitrogen and oxygen atoms in total. The number of nitro groups is 1. The molecule has 1 rings (SSSR count). The standard InChI is InChI=1S/C9H10N2O3/c1-6(12)4-7-2-3-8(10)5-9(7)11(13)14/h2-3,5H,4,10H2,1H3. The summed E-state index contributed by atoms with van der Waals surface area (Å²) in [6.45, 7) is 1.39. The Balaban J connectivity index is 3.14. The van der Waals surface area contributed by atoms with Crippen LogP contribution in [-0.2, 0) is 11.2 Å². The number of rotatable bonds is 3. The van der Waals surface area contributed by atoms with E-state index in [1.165, 1.54) is 19.1 Å². The molecule has 0 saturated heterocycles. The summed E-state index contributed by atoms with van der Waals surface area (Å²) in [5.41, 5.74) is 6.03. The van der Waals surface area contributed by atoms with Crippen molar-refractivity contribution in [3.8, 4) is 0 Å². The Morgan fingerprint density at radius 1 is 1.57 bits per heavy atom. The third-order valence-electron chi connectivity index (χ3n) is 1.75. The van der Waals surface area contributed by atoms with E-state index < -0.39 is 4.92 Å². The number of nitrogens with zero attached hydrogens (tertiary/aromatic N) is 1. The van der Waals surface area contributed by atoms with Crippen molar-refractivity contribution in [2.24, 2.45) is 0 Å². The molecule has 0 aliphatic carbocycles. The number of ketones is 1. The third-order valence-corrected chi connectivity index (χ3v) is 1.75. The molecular weight excluding hydrogens is 184 g/mol. The minimum atomic E-state index is -0.533. The van der Waals surface area contributed by atoms with E-state index >= 15 is 0 Å². The van der Waals surface area contributed by atoms with Crippen molar-refractivity contribution in [2.75, 3.05) is 5.73 Å². The van der Waals surface area contributed by atoms with Crippen molar-refractivity contribution in [1.29, 1.82) is 0 Å². The van der Waals surface area contributed by atoms with E-state index in [1.54, 1.807) is 6.07 Å². The van der Waals surface area contributed by atoms with E-state index in [0.29, 0.717) is 11.3 Å². The fourth-order valence-electron chi connectivity index (χ4n) is 1.17. The number of nitrogens with two attached hydrogens (primary N) is 1. The highest BCUT2D eigenvalue weighted by Gasteiger charge is 2.14. The monoisotopic (exact) mass is 194 g/mol. The van der Waals surface area contributed by atoms with Gasteiger partial charge in [-0.25, -0.2) is 0 Å². The smallest absolute Gasteiger partial charge is 0.275 e. The van der Waals surface area contributed by atoms with Crippen molar-refractivity contribution in [2.45, 2.75) is 13.3 Å². The lowest BCUT2D eigenvalue weighted by atomic mass is 10.1. The van der Waals surface area contributed by atoms with Gasteiger partial charge in [-0.2, -0.15) is 0 Å². The number of hydrogen-bond donors (Lipinski definition) is 1. The molecule has 0 saturated carbocycles. The summed E-state index contributed by atoms with van der Waals surface area (Å²) >= 11 is 0. The second-order valence-electron chi connectivity index (χ2n) is 3.02. The summed E-state index contributed by atoms with van der Waals surface area (Å²) in [5, 5.41) is 10.6. The van der Waals surface area contributed by atoms with Crippen molar-refractivity contribution >= 4 is 17.2 Å². The molecule has 2 N–H and O–H groups in total. The van der Waals surface area contributed by atoms with Crippen molar-refractivity contribution < 1.29 is 9.72 Å². The van der Waals surface area contributed by atoms with Gasteiger partial charge in [0.2, 0.25) is 0 Å². The van der Waals surface area contributed by atoms with Gasteiger partial charge in [0.25, 0.3) is 5.69 Å². The molecule has 1 aromatic carbocycles. The molecule has 0 bridgehead atoms. The molecule has 0 aliphatic heterocycles. The van der Waals surface area contributed by atoms with Crippen LogP contribution in [0, 0.1) is 10.1 Å². The Bertz CT molecular complexity index is 388. The summed E-state index contributed by atoms with van der Waals surface area (Å²) in [7, 11) is 0. The molecular formula is C9H10N2O3. The molecule has 0 atom stereocenters. The Labute approximate surface area is 80.7 Å². The largest absolute Gasteiger partial charge is 0.399 e. The summed E-state index contributed by atoms with van der Waals surface area (Å²) in [4.78, 5) is 20.9. The van der Waals surface area contributed by atoms with E-state index in [2.05, 4.69) is 0 Å². The normalized spacial score (nSPS) is 9.79. The number of nitrogen functional groups attached to an aromatic ring is 1. The molecule has 0 radical (unpaired) electrons. The predicted molar refractivity (Wildman–Crippen MR) is 51.9 cm³/mol. The first-order valence-corrected chi connectivity index (χ1v) is 4.03. The van der Waals surface area contributed by atoms with Crippen LogP contribution in [0.5, 0.6) is 0 Å². The highest BCUT2D eigenvalue weighted by atomic mass is 16.6. The predicted octanol–water partition coefficient (Wildman–Crippen LogP) is 1.31. The first kappa shape index (κ1) is 10.2. The number of carbonyl (C=O) groups excluding carboxylic acids is 1. The van der Waals surface area contributed by atoms with Crippen LogP contribution in [0.2, 0.25) is 0 Å². The Kier molecular flexibility index (Phi) is 2.81. The van der Waals surface area contributed by atoms with Gasteiger partial charge in [-0.1, -0.05) is 0 Å². The lowest BCUT2D eigenvalue weighted by Gasteiger charge is -2.01. The Hall–Kier alpha value is -1.91. The number of nitro benzene ring substituents is 1. The highest BCUT2D eigenvalue weighted by Crippen LogP contribution is 2.21. The van der Waals surface area contributed by atoms with Crippen molar-refractivity contribution in [3.63, 3.8) is 0 Å². The average molecular weight is 194 g/mol. The summed E-state index contributed by atoms with van der Waals surface area (Å²) in [6.07, 6.45) is 0.0661. The Morgan fingerprint density at radius 2 is 2.21 bits per heavy atom. The van der Waals surface area contributed by atoms with Crippen LogP contribution in [0.25, 0.3) is 0 Å². The van der Waals surface area contributed by atoms with Crippen molar-refractivity contribution in [1.82, 2.24) is 0 Å². The average Bonchev–Trinajstić information content (AvgIpc) is 2.07. The molecule has 1 aromatic rings. The van der Waals surface area contributed by atoms with Gasteiger partial charge < -0.3 is 5.73 Å². The lowest BCUT2D eigenvalue weighted by Crippen LogP contribution is -2.02. The molecule has 0 spiro atoms. The second kappa shape index (κ2) is 3.87. The third kappa shape index (κ3) is 2.29. The van der Waals surface area contributed by atoms with Gasteiger partial charge in [0.15, 0.2) is 0 Å². The maximum atomic E-state index is 10.8. The molecule has 0 unspecified atom stereocenters. The molecule has 14 heavy (non-hydrogen) atoms. The number of anilines is 1. The second-order valence-corrected chi connectivity index (χ2v) is 3.02. The van der Waals surface area contributed by atoms with Gasteiger partial charge >= 0.3 is 0 Å². The van der Waals surface area contributed by atoms with E-state index in [0.717, 1.165) is 0 Å². The maximum Gasteiger partial charge on any atom is 0.275 e. The first-order chi connectivity index (χ1) is 6.50. The molecule has 5 heteroatoms. The topological polar surface area (TPSA) is 86.2 Å².